The van der Waals surface area contributed by atoms with E-state index in [1.807, 2.05) is 0 Å². The molecule has 1 heterocycles. The molecule has 0 aromatic rings. The van der Waals surface area contributed by atoms with Crippen molar-refractivity contribution in [2.75, 3.05) is 13.2 Å². The maximum absolute atomic E-state index is 12.1. The number of aliphatic carboxylic acids is 1. The summed E-state index contributed by atoms with van der Waals surface area (Å²) in [6.45, 7) is 0.607. The number of carbonyl (C=O) groups is 3. The van der Waals surface area contributed by atoms with Crippen molar-refractivity contribution in [3.8, 4) is 0 Å². The molecule has 114 valence electrons. The van der Waals surface area contributed by atoms with Crippen molar-refractivity contribution >= 4 is 17.9 Å². The van der Waals surface area contributed by atoms with Gasteiger partial charge in [-0.3, -0.25) is 4.79 Å². The Balaban J connectivity index is 2.58. The van der Waals surface area contributed by atoms with E-state index in [-0.39, 0.29) is 12.6 Å². The molecule has 0 saturated carbocycles. The number of nitrogens with one attached hydrogen (secondary N) is 1. The van der Waals surface area contributed by atoms with Crippen molar-refractivity contribution < 1.29 is 24.6 Å². The maximum Gasteiger partial charge on any atom is 0.326 e. The largest absolute Gasteiger partial charge is 0.480 e. The van der Waals surface area contributed by atoms with Crippen LogP contribution in [-0.2, 0) is 9.59 Å². The van der Waals surface area contributed by atoms with Gasteiger partial charge in [0, 0.05) is 19.2 Å². The van der Waals surface area contributed by atoms with Gasteiger partial charge >= 0.3 is 12.0 Å². The minimum absolute atomic E-state index is 0.00479. The molecule has 0 aromatic heterocycles. The van der Waals surface area contributed by atoms with Gasteiger partial charge in [-0.15, -0.1) is 0 Å². The highest BCUT2D eigenvalue weighted by Gasteiger charge is 2.31. The fraction of sp³-hybridized carbons (Fsp3) is 0.750. The lowest BCUT2D eigenvalue weighted by Gasteiger charge is -2.26. The van der Waals surface area contributed by atoms with Gasteiger partial charge in [0.25, 0.3) is 0 Å². The van der Waals surface area contributed by atoms with E-state index in [1.54, 1.807) is 4.90 Å². The number of carboxylic acids is 1. The van der Waals surface area contributed by atoms with Crippen LogP contribution >= 0.6 is 0 Å². The highest BCUT2D eigenvalue weighted by molar-refractivity contribution is 5.87. The number of nitrogens with two attached hydrogens (primary N) is 1. The van der Waals surface area contributed by atoms with Crippen LogP contribution in [0.5, 0.6) is 0 Å². The Kier molecular flexibility index (Phi) is 6.23. The van der Waals surface area contributed by atoms with Crippen LogP contribution in [0.2, 0.25) is 0 Å². The predicted octanol–water partition coefficient (Wildman–Crippen LogP) is -0.738. The Morgan fingerprint density at radius 2 is 2.10 bits per heavy atom. The van der Waals surface area contributed by atoms with Crippen LogP contribution in [0.4, 0.5) is 4.79 Å². The molecule has 2 atom stereocenters. The Labute approximate surface area is 116 Å². The van der Waals surface area contributed by atoms with E-state index >= 15 is 0 Å². The summed E-state index contributed by atoms with van der Waals surface area (Å²) >= 11 is 0. The lowest BCUT2D eigenvalue weighted by atomic mass is 10.1. The molecular weight excluding hydrogens is 266 g/mol. The summed E-state index contributed by atoms with van der Waals surface area (Å²) in [5, 5.41) is 20.1. The summed E-state index contributed by atoms with van der Waals surface area (Å²) in [7, 11) is 0. The fourth-order valence-corrected chi connectivity index (χ4v) is 2.36. The van der Waals surface area contributed by atoms with Crippen LogP contribution < -0.4 is 11.1 Å². The van der Waals surface area contributed by atoms with Crippen LogP contribution in [-0.4, -0.2) is 58.3 Å². The standard InChI is InChI=1S/C12H21N3O5/c13-10(17)7-9(11(18)19)14-12(20)15-5-1-3-8(15)4-2-6-16/h8-9,16H,1-7H2,(H2,13,17)(H,14,20)(H,18,19). The van der Waals surface area contributed by atoms with E-state index in [2.05, 4.69) is 5.32 Å². The van der Waals surface area contributed by atoms with Gasteiger partial charge in [-0.1, -0.05) is 0 Å². The smallest absolute Gasteiger partial charge is 0.326 e. The summed E-state index contributed by atoms with van der Waals surface area (Å²) in [5.41, 5.74) is 4.96. The summed E-state index contributed by atoms with van der Waals surface area (Å²) in [6, 6.07) is -1.80. The summed E-state index contributed by atoms with van der Waals surface area (Å²) < 4.78 is 0. The fourth-order valence-electron chi connectivity index (χ4n) is 2.36. The minimum Gasteiger partial charge on any atom is -0.480 e. The molecule has 0 aromatic carbocycles. The second-order valence-electron chi connectivity index (χ2n) is 4.87. The number of carboxylic acid groups (broad SMARTS) is 1. The van der Waals surface area contributed by atoms with Crippen LogP contribution in [0.3, 0.4) is 0 Å². The molecule has 0 spiro atoms. The molecule has 0 radical (unpaired) electrons. The van der Waals surface area contributed by atoms with Crippen molar-refractivity contribution in [2.24, 2.45) is 5.73 Å². The van der Waals surface area contributed by atoms with Crippen molar-refractivity contribution in [1.82, 2.24) is 10.2 Å². The Morgan fingerprint density at radius 1 is 1.40 bits per heavy atom. The number of urea groups is 1. The number of amides is 3. The molecule has 1 aliphatic rings. The normalized spacial score (nSPS) is 19.6. The quantitative estimate of drug-likeness (QED) is 0.489. The van der Waals surface area contributed by atoms with Crippen molar-refractivity contribution in [1.29, 1.82) is 0 Å². The molecule has 5 N–H and O–H groups in total. The number of aliphatic hydroxyl groups excluding tert-OH is 1. The number of aliphatic hydroxyl groups is 1. The third-order valence-corrected chi connectivity index (χ3v) is 3.33. The third kappa shape index (κ3) is 4.69. The number of hydrogen-bond donors (Lipinski definition) is 4. The summed E-state index contributed by atoms with van der Waals surface area (Å²) in [6.07, 6.45) is 2.52. The molecule has 1 saturated heterocycles. The number of hydrogen-bond acceptors (Lipinski definition) is 4. The molecule has 20 heavy (non-hydrogen) atoms. The first-order valence-corrected chi connectivity index (χ1v) is 6.64. The second-order valence-corrected chi connectivity index (χ2v) is 4.87. The molecule has 8 nitrogen and oxygen atoms in total. The van der Waals surface area contributed by atoms with Crippen LogP contribution in [0.15, 0.2) is 0 Å². The third-order valence-electron chi connectivity index (χ3n) is 3.33. The van der Waals surface area contributed by atoms with E-state index in [9.17, 15) is 14.4 Å². The zero-order valence-corrected chi connectivity index (χ0v) is 11.2. The van der Waals surface area contributed by atoms with Crippen LogP contribution in [0.1, 0.15) is 32.1 Å². The topological polar surface area (TPSA) is 133 Å². The number of likely N-dealkylation sites (tertiary alicyclic amines) is 1. The zero-order chi connectivity index (χ0) is 15.1. The van der Waals surface area contributed by atoms with Crippen molar-refractivity contribution in [2.45, 2.75) is 44.2 Å². The van der Waals surface area contributed by atoms with Crippen LogP contribution in [0, 0.1) is 0 Å². The van der Waals surface area contributed by atoms with Gasteiger partial charge < -0.3 is 26.2 Å². The Bertz CT molecular complexity index is 374. The SMILES string of the molecule is NC(=O)CC(NC(=O)N1CCCC1CCCO)C(=O)O. The first-order valence-electron chi connectivity index (χ1n) is 6.64. The van der Waals surface area contributed by atoms with E-state index in [4.69, 9.17) is 15.9 Å². The molecule has 1 rings (SSSR count). The number of primary amides is 1. The second kappa shape index (κ2) is 7.68. The van der Waals surface area contributed by atoms with Crippen molar-refractivity contribution in [3.63, 3.8) is 0 Å². The average molecular weight is 287 g/mol. The molecule has 1 fully saturated rings. The Hall–Kier alpha value is -1.83. The molecule has 0 aliphatic carbocycles. The first kappa shape index (κ1) is 16.2. The Morgan fingerprint density at radius 3 is 2.65 bits per heavy atom. The first-order chi connectivity index (χ1) is 9.45. The summed E-state index contributed by atoms with van der Waals surface area (Å²) in [4.78, 5) is 35.4. The van der Waals surface area contributed by atoms with Crippen molar-refractivity contribution in [3.05, 3.63) is 0 Å². The highest BCUT2D eigenvalue weighted by atomic mass is 16.4. The lowest BCUT2D eigenvalue weighted by molar-refractivity contribution is -0.141. The van der Waals surface area contributed by atoms with Gasteiger partial charge in [-0.25, -0.2) is 9.59 Å². The van der Waals surface area contributed by atoms with Gasteiger partial charge in [0.2, 0.25) is 5.91 Å². The minimum atomic E-state index is -1.31. The molecular formula is C12H21N3O5. The molecule has 8 heteroatoms. The van der Waals surface area contributed by atoms with Gasteiger partial charge in [0.05, 0.1) is 6.42 Å². The maximum atomic E-state index is 12.1. The van der Waals surface area contributed by atoms with E-state index in [0.717, 1.165) is 12.8 Å². The molecule has 2 unspecified atom stereocenters. The monoisotopic (exact) mass is 287 g/mol. The van der Waals surface area contributed by atoms with E-state index in [1.165, 1.54) is 0 Å². The molecule has 3 amide bonds. The van der Waals surface area contributed by atoms with E-state index < -0.39 is 30.4 Å². The summed E-state index contributed by atoms with van der Waals surface area (Å²) in [5.74, 6) is -2.07. The van der Waals surface area contributed by atoms with Gasteiger partial charge in [-0.2, -0.15) is 0 Å². The number of nitrogens with zero attached hydrogens (tertiary/aromatic N) is 1. The average Bonchev–Trinajstić information content (AvgIpc) is 2.83. The highest BCUT2D eigenvalue weighted by Crippen LogP contribution is 2.21. The lowest BCUT2D eigenvalue weighted by Crippen LogP contribution is -2.50. The van der Waals surface area contributed by atoms with E-state index in [0.29, 0.717) is 19.4 Å². The zero-order valence-electron chi connectivity index (χ0n) is 11.2. The predicted molar refractivity (Wildman–Crippen MR) is 69.8 cm³/mol. The number of carbonyl (C=O) groups excluding carboxylic acids is 2. The van der Waals surface area contributed by atoms with Gasteiger partial charge in [0.1, 0.15) is 6.04 Å². The molecule has 1 aliphatic heterocycles. The number of rotatable bonds is 7. The van der Waals surface area contributed by atoms with Crippen LogP contribution in [0.25, 0.3) is 0 Å². The van der Waals surface area contributed by atoms with Gasteiger partial charge in [-0.05, 0) is 25.7 Å². The van der Waals surface area contributed by atoms with Gasteiger partial charge in [0.15, 0.2) is 0 Å². The molecule has 0 bridgehead atoms.